The molecular formula is C16H30O2. The maximum absolute atomic E-state index is 6.47. The first-order chi connectivity index (χ1) is 8.79. The van der Waals surface area contributed by atoms with Crippen molar-refractivity contribution in [1.29, 1.82) is 0 Å². The van der Waals surface area contributed by atoms with E-state index in [-0.39, 0.29) is 5.79 Å². The van der Waals surface area contributed by atoms with Crippen LogP contribution in [0.2, 0.25) is 0 Å². The summed E-state index contributed by atoms with van der Waals surface area (Å²) in [4.78, 5) is 0. The maximum atomic E-state index is 6.47. The minimum absolute atomic E-state index is 0.246. The molecule has 106 valence electrons. The molecule has 1 heterocycles. The minimum Gasteiger partial charge on any atom is -0.350 e. The van der Waals surface area contributed by atoms with Gasteiger partial charge in [0.05, 0.1) is 12.7 Å². The normalized spacial score (nSPS) is 29.3. The largest absolute Gasteiger partial charge is 0.350 e. The molecule has 0 aromatic carbocycles. The lowest BCUT2D eigenvalue weighted by Gasteiger charge is -2.44. The summed E-state index contributed by atoms with van der Waals surface area (Å²) >= 11 is 0. The van der Waals surface area contributed by atoms with E-state index in [4.69, 9.17) is 9.47 Å². The molecule has 1 saturated heterocycles. The SMILES string of the molecule is CCCC1(CCC)OCCC(C2CCCCC2)O1. The van der Waals surface area contributed by atoms with E-state index in [1.54, 1.807) is 0 Å². The second-order valence-electron chi connectivity index (χ2n) is 6.10. The molecule has 2 nitrogen and oxygen atoms in total. The van der Waals surface area contributed by atoms with E-state index in [0.717, 1.165) is 44.6 Å². The number of rotatable bonds is 5. The fourth-order valence-corrected chi connectivity index (χ4v) is 3.72. The average Bonchev–Trinajstić information content (AvgIpc) is 2.40. The second kappa shape index (κ2) is 6.91. The molecule has 0 aromatic heterocycles. The van der Waals surface area contributed by atoms with Crippen molar-refractivity contribution in [2.24, 2.45) is 5.92 Å². The lowest BCUT2D eigenvalue weighted by Crippen LogP contribution is -2.47. The van der Waals surface area contributed by atoms with Gasteiger partial charge in [0.25, 0.3) is 0 Å². The molecule has 2 rings (SSSR count). The third-order valence-corrected chi connectivity index (χ3v) is 4.57. The van der Waals surface area contributed by atoms with Gasteiger partial charge in [-0.15, -0.1) is 0 Å². The first-order valence-electron chi connectivity index (χ1n) is 8.11. The van der Waals surface area contributed by atoms with E-state index in [9.17, 15) is 0 Å². The molecule has 1 aliphatic heterocycles. The van der Waals surface area contributed by atoms with Crippen LogP contribution in [0.5, 0.6) is 0 Å². The molecule has 0 bridgehead atoms. The van der Waals surface area contributed by atoms with Crippen molar-refractivity contribution in [2.75, 3.05) is 6.61 Å². The predicted molar refractivity (Wildman–Crippen MR) is 74.6 cm³/mol. The molecule has 0 aromatic rings. The van der Waals surface area contributed by atoms with Gasteiger partial charge in [0.2, 0.25) is 0 Å². The van der Waals surface area contributed by atoms with E-state index in [1.807, 2.05) is 0 Å². The summed E-state index contributed by atoms with van der Waals surface area (Å²) < 4.78 is 12.5. The van der Waals surface area contributed by atoms with Crippen LogP contribution < -0.4 is 0 Å². The van der Waals surface area contributed by atoms with Gasteiger partial charge in [-0.05, 0) is 25.2 Å². The van der Waals surface area contributed by atoms with Crippen LogP contribution in [0.15, 0.2) is 0 Å². The van der Waals surface area contributed by atoms with E-state index >= 15 is 0 Å². The first kappa shape index (κ1) is 14.3. The molecule has 2 aliphatic rings. The van der Waals surface area contributed by atoms with Gasteiger partial charge in [0.1, 0.15) is 0 Å². The molecule has 1 aliphatic carbocycles. The summed E-state index contributed by atoms with van der Waals surface area (Å²) in [6.07, 6.45) is 13.0. The Hall–Kier alpha value is -0.0800. The highest BCUT2D eigenvalue weighted by Gasteiger charge is 2.39. The van der Waals surface area contributed by atoms with Crippen molar-refractivity contribution in [3.8, 4) is 0 Å². The van der Waals surface area contributed by atoms with Crippen molar-refractivity contribution in [2.45, 2.75) is 89.9 Å². The van der Waals surface area contributed by atoms with Crippen LogP contribution in [0.25, 0.3) is 0 Å². The summed E-state index contributed by atoms with van der Waals surface area (Å²) in [5, 5.41) is 0. The predicted octanol–water partition coefficient (Wildman–Crippen LogP) is 4.67. The van der Waals surface area contributed by atoms with E-state index in [0.29, 0.717) is 6.10 Å². The molecule has 1 unspecified atom stereocenters. The highest BCUT2D eigenvalue weighted by Crippen LogP contribution is 2.38. The van der Waals surface area contributed by atoms with Crippen LogP contribution in [0.1, 0.15) is 78.1 Å². The Morgan fingerprint density at radius 2 is 1.61 bits per heavy atom. The quantitative estimate of drug-likeness (QED) is 0.710. The van der Waals surface area contributed by atoms with Crippen molar-refractivity contribution >= 4 is 0 Å². The Labute approximate surface area is 112 Å². The van der Waals surface area contributed by atoms with Gasteiger partial charge >= 0.3 is 0 Å². The molecule has 2 heteroatoms. The maximum Gasteiger partial charge on any atom is 0.168 e. The van der Waals surface area contributed by atoms with Crippen molar-refractivity contribution in [3.63, 3.8) is 0 Å². The van der Waals surface area contributed by atoms with Crippen LogP contribution in [-0.2, 0) is 9.47 Å². The van der Waals surface area contributed by atoms with Gasteiger partial charge in [-0.25, -0.2) is 0 Å². The Bertz CT molecular complexity index is 222. The molecule has 1 atom stereocenters. The van der Waals surface area contributed by atoms with Gasteiger partial charge < -0.3 is 9.47 Å². The molecule has 0 spiro atoms. The van der Waals surface area contributed by atoms with Gasteiger partial charge in [-0.1, -0.05) is 46.0 Å². The molecule has 0 radical (unpaired) electrons. The highest BCUT2D eigenvalue weighted by atomic mass is 16.7. The van der Waals surface area contributed by atoms with E-state index < -0.39 is 0 Å². The third-order valence-electron chi connectivity index (χ3n) is 4.57. The fraction of sp³-hybridized carbons (Fsp3) is 1.00. The average molecular weight is 254 g/mol. The van der Waals surface area contributed by atoms with Gasteiger partial charge in [0, 0.05) is 12.8 Å². The van der Waals surface area contributed by atoms with Crippen LogP contribution in [0.3, 0.4) is 0 Å². The topological polar surface area (TPSA) is 18.5 Å². The number of hydrogen-bond acceptors (Lipinski definition) is 2. The van der Waals surface area contributed by atoms with E-state index in [2.05, 4.69) is 13.8 Å². The van der Waals surface area contributed by atoms with Gasteiger partial charge in [0.15, 0.2) is 5.79 Å². The molecule has 2 fully saturated rings. The summed E-state index contributed by atoms with van der Waals surface area (Å²) in [5.74, 6) is 0.555. The number of hydrogen-bond donors (Lipinski definition) is 0. The van der Waals surface area contributed by atoms with Crippen LogP contribution in [0.4, 0.5) is 0 Å². The smallest absolute Gasteiger partial charge is 0.168 e. The van der Waals surface area contributed by atoms with Gasteiger partial charge in [-0.2, -0.15) is 0 Å². The standard InChI is InChI=1S/C16H30O2/c1-3-11-16(12-4-2)17-13-10-15(18-16)14-8-6-5-7-9-14/h14-15H,3-13H2,1-2H3. The zero-order chi connectivity index (χ0) is 12.8. The van der Waals surface area contributed by atoms with Crippen LogP contribution in [0, 0.1) is 5.92 Å². The zero-order valence-corrected chi connectivity index (χ0v) is 12.2. The van der Waals surface area contributed by atoms with Crippen molar-refractivity contribution in [1.82, 2.24) is 0 Å². The Morgan fingerprint density at radius 3 is 2.22 bits per heavy atom. The van der Waals surface area contributed by atoms with Crippen LogP contribution in [-0.4, -0.2) is 18.5 Å². The zero-order valence-electron chi connectivity index (χ0n) is 12.2. The highest BCUT2D eigenvalue weighted by molar-refractivity contribution is 4.82. The lowest BCUT2D eigenvalue weighted by atomic mass is 9.83. The summed E-state index contributed by atoms with van der Waals surface area (Å²) in [6, 6.07) is 0. The third kappa shape index (κ3) is 3.48. The molecule has 18 heavy (non-hydrogen) atoms. The van der Waals surface area contributed by atoms with Crippen molar-refractivity contribution < 1.29 is 9.47 Å². The van der Waals surface area contributed by atoms with Crippen LogP contribution >= 0.6 is 0 Å². The molecular weight excluding hydrogens is 224 g/mol. The fourth-order valence-electron chi connectivity index (χ4n) is 3.72. The Kier molecular flexibility index (Phi) is 5.50. The lowest BCUT2D eigenvalue weighted by molar-refractivity contribution is -0.309. The molecule has 1 saturated carbocycles. The van der Waals surface area contributed by atoms with Crippen molar-refractivity contribution in [3.05, 3.63) is 0 Å². The molecule has 0 amide bonds. The van der Waals surface area contributed by atoms with Gasteiger partial charge in [-0.3, -0.25) is 0 Å². The second-order valence-corrected chi connectivity index (χ2v) is 6.10. The Morgan fingerprint density at radius 1 is 0.944 bits per heavy atom. The van der Waals surface area contributed by atoms with E-state index in [1.165, 1.54) is 32.1 Å². The summed E-state index contributed by atoms with van der Waals surface area (Å²) in [7, 11) is 0. The molecule has 0 N–H and O–H groups in total. The monoisotopic (exact) mass is 254 g/mol. The number of ether oxygens (including phenoxy) is 2. The first-order valence-corrected chi connectivity index (χ1v) is 8.11. The summed E-state index contributed by atoms with van der Waals surface area (Å²) in [6.45, 7) is 5.36. The summed E-state index contributed by atoms with van der Waals surface area (Å²) in [5.41, 5.74) is 0. The Balaban J connectivity index is 1.96. The minimum atomic E-state index is -0.246.